The number of nitrogens with one attached hydrogen (secondary N) is 1. The summed E-state index contributed by atoms with van der Waals surface area (Å²) in [6.45, 7) is 2.79. The normalized spacial score (nSPS) is 19.1. The zero-order chi connectivity index (χ0) is 13.4. The number of carbonyl (C=O) groups excluding carboxylic acids is 1. The summed E-state index contributed by atoms with van der Waals surface area (Å²) in [5, 5.41) is 2.99. The molecule has 5 heteroatoms. The average molecular weight is 278 g/mol. The van der Waals surface area contributed by atoms with E-state index < -0.39 is 0 Å². The second kappa shape index (κ2) is 4.85. The fourth-order valence-corrected chi connectivity index (χ4v) is 2.88. The predicted octanol–water partition coefficient (Wildman–Crippen LogP) is 2.36. The Morgan fingerprint density at radius 3 is 3.05 bits per heavy atom. The zero-order valence-electron chi connectivity index (χ0n) is 10.8. The number of amides is 1. The fraction of sp³-hybridized carbons (Fsp3) is 0.429. The van der Waals surface area contributed by atoms with E-state index in [0.29, 0.717) is 12.3 Å². The van der Waals surface area contributed by atoms with Crippen LogP contribution in [0.3, 0.4) is 0 Å². The van der Waals surface area contributed by atoms with Crippen molar-refractivity contribution >= 4 is 28.5 Å². The van der Waals surface area contributed by atoms with E-state index in [1.807, 2.05) is 6.07 Å². The standard InChI is InChI=1S/C14H16ClN3O/c1-9-3-2-4-11-14(9)17-12(7-15)18(11)8-10-5-6-13(19)16-10/h2-4,10H,5-8H2,1H3,(H,16,19). The van der Waals surface area contributed by atoms with Gasteiger partial charge in [-0.1, -0.05) is 12.1 Å². The number of carbonyl (C=O) groups is 1. The fourth-order valence-electron chi connectivity index (χ4n) is 2.68. The molecule has 1 amide bonds. The van der Waals surface area contributed by atoms with E-state index in [1.54, 1.807) is 0 Å². The number of para-hydroxylation sites is 1. The van der Waals surface area contributed by atoms with E-state index in [1.165, 1.54) is 0 Å². The first-order valence-corrected chi connectivity index (χ1v) is 7.02. The smallest absolute Gasteiger partial charge is 0.220 e. The quantitative estimate of drug-likeness (QED) is 0.876. The Morgan fingerprint density at radius 2 is 2.37 bits per heavy atom. The minimum Gasteiger partial charge on any atom is -0.352 e. The van der Waals surface area contributed by atoms with Crippen LogP contribution < -0.4 is 5.32 Å². The van der Waals surface area contributed by atoms with Crippen LogP contribution in [-0.2, 0) is 17.2 Å². The molecule has 1 N–H and O–H groups in total. The number of rotatable bonds is 3. The second-order valence-corrected chi connectivity index (χ2v) is 5.29. The molecule has 2 aromatic rings. The summed E-state index contributed by atoms with van der Waals surface area (Å²) in [6.07, 6.45) is 1.50. The summed E-state index contributed by atoms with van der Waals surface area (Å²) in [5.41, 5.74) is 3.25. The molecule has 0 radical (unpaired) electrons. The van der Waals surface area contributed by atoms with Gasteiger partial charge in [-0.2, -0.15) is 0 Å². The van der Waals surface area contributed by atoms with E-state index in [2.05, 4.69) is 33.9 Å². The lowest BCUT2D eigenvalue weighted by Gasteiger charge is -2.13. The van der Waals surface area contributed by atoms with Crippen molar-refractivity contribution in [2.75, 3.05) is 0 Å². The Hall–Kier alpha value is -1.55. The lowest BCUT2D eigenvalue weighted by Crippen LogP contribution is -2.30. The molecular weight excluding hydrogens is 262 g/mol. The number of nitrogens with zero attached hydrogens (tertiary/aromatic N) is 2. The van der Waals surface area contributed by atoms with Crippen molar-refractivity contribution in [3.63, 3.8) is 0 Å². The largest absolute Gasteiger partial charge is 0.352 e. The van der Waals surface area contributed by atoms with E-state index in [4.69, 9.17) is 11.6 Å². The predicted molar refractivity (Wildman–Crippen MR) is 75.2 cm³/mol. The van der Waals surface area contributed by atoms with Gasteiger partial charge in [0.2, 0.25) is 5.91 Å². The SMILES string of the molecule is Cc1cccc2c1nc(CCl)n2CC1CCC(=O)N1. The van der Waals surface area contributed by atoms with Crippen LogP contribution in [0.15, 0.2) is 18.2 Å². The van der Waals surface area contributed by atoms with Crippen molar-refractivity contribution in [2.45, 2.75) is 38.2 Å². The molecule has 0 spiro atoms. The van der Waals surface area contributed by atoms with Crippen molar-refractivity contribution in [1.29, 1.82) is 0 Å². The maximum absolute atomic E-state index is 11.3. The van der Waals surface area contributed by atoms with Crippen molar-refractivity contribution in [3.05, 3.63) is 29.6 Å². The Bertz CT molecular complexity index is 635. The first-order valence-electron chi connectivity index (χ1n) is 6.49. The Balaban J connectivity index is 2.01. The number of imidazole rings is 1. The highest BCUT2D eigenvalue weighted by atomic mass is 35.5. The molecule has 4 nitrogen and oxygen atoms in total. The molecule has 2 heterocycles. The molecule has 1 atom stereocenters. The van der Waals surface area contributed by atoms with E-state index in [-0.39, 0.29) is 11.9 Å². The molecule has 1 aliphatic rings. The minimum atomic E-state index is 0.137. The third kappa shape index (κ3) is 2.21. The summed E-state index contributed by atoms with van der Waals surface area (Å²) < 4.78 is 2.13. The highest BCUT2D eigenvalue weighted by molar-refractivity contribution is 6.16. The maximum Gasteiger partial charge on any atom is 0.220 e. The first kappa shape index (κ1) is 12.5. The molecule has 1 aliphatic heterocycles. The number of benzene rings is 1. The third-order valence-electron chi connectivity index (χ3n) is 3.67. The van der Waals surface area contributed by atoms with E-state index in [9.17, 15) is 4.79 Å². The van der Waals surface area contributed by atoms with Crippen LogP contribution in [0.25, 0.3) is 11.0 Å². The van der Waals surface area contributed by atoms with Gasteiger partial charge in [0.15, 0.2) is 0 Å². The topological polar surface area (TPSA) is 46.9 Å². The highest BCUT2D eigenvalue weighted by Crippen LogP contribution is 2.22. The summed E-state index contributed by atoms with van der Waals surface area (Å²) in [4.78, 5) is 15.9. The summed E-state index contributed by atoms with van der Waals surface area (Å²) >= 11 is 6.00. The summed E-state index contributed by atoms with van der Waals surface area (Å²) in [6, 6.07) is 6.32. The van der Waals surface area contributed by atoms with Crippen molar-refractivity contribution in [3.8, 4) is 0 Å². The molecule has 19 heavy (non-hydrogen) atoms. The summed E-state index contributed by atoms with van der Waals surface area (Å²) in [5.74, 6) is 1.39. The Labute approximate surface area is 116 Å². The van der Waals surface area contributed by atoms with Crippen LogP contribution in [0.1, 0.15) is 24.2 Å². The number of hydrogen-bond acceptors (Lipinski definition) is 2. The second-order valence-electron chi connectivity index (χ2n) is 5.02. The zero-order valence-corrected chi connectivity index (χ0v) is 11.6. The molecule has 3 rings (SSSR count). The van der Waals surface area contributed by atoms with Gasteiger partial charge < -0.3 is 9.88 Å². The Morgan fingerprint density at radius 1 is 1.53 bits per heavy atom. The first-order chi connectivity index (χ1) is 9.19. The van der Waals surface area contributed by atoms with Crippen molar-refractivity contribution < 1.29 is 4.79 Å². The average Bonchev–Trinajstić information content (AvgIpc) is 2.96. The number of hydrogen-bond donors (Lipinski definition) is 1. The molecule has 100 valence electrons. The van der Waals surface area contributed by atoms with Gasteiger partial charge in [0, 0.05) is 19.0 Å². The van der Waals surface area contributed by atoms with Crippen LogP contribution in [-0.4, -0.2) is 21.5 Å². The third-order valence-corrected chi connectivity index (χ3v) is 3.91. The molecular formula is C14H16ClN3O. The molecule has 1 aromatic heterocycles. The number of aromatic nitrogens is 2. The van der Waals surface area contributed by atoms with Crippen LogP contribution in [0.5, 0.6) is 0 Å². The van der Waals surface area contributed by atoms with Gasteiger partial charge in [0.1, 0.15) is 5.82 Å². The van der Waals surface area contributed by atoms with E-state index >= 15 is 0 Å². The molecule has 1 fully saturated rings. The van der Waals surface area contributed by atoms with Gasteiger partial charge >= 0.3 is 0 Å². The van der Waals surface area contributed by atoms with E-state index in [0.717, 1.165) is 35.4 Å². The number of fused-ring (bicyclic) bond motifs is 1. The molecule has 0 aliphatic carbocycles. The lowest BCUT2D eigenvalue weighted by atomic mass is 10.2. The van der Waals surface area contributed by atoms with Crippen molar-refractivity contribution in [1.82, 2.24) is 14.9 Å². The lowest BCUT2D eigenvalue weighted by molar-refractivity contribution is -0.119. The van der Waals surface area contributed by atoms with Gasteiger partial charge in [-0.15, -0.1) is 11.6 Å². The highest BCUT2D eigenvalue weighted by Gasteiger charge is 2.23. The number of aryl methyl sites for hydroxylation is 1. The minimum absolute atomic E-state index is 0.137. The van der Waals surface area contributed by atoms with Gasteiger partial charge in [-0.25, -0.2) is 4.98 Å². The van der Waals surface area contributed by atoms with Gasteiger partial charge in [0.05, 0.1) is 16.9 Å². The Kier molecular flexibility index (Phi) is 3.19. The molecule has 0 saturated carbocycles. The number of halogens is 1. The van der Waals surface area contributed by atoms with Crippen LogP contribution in [0, 0.1) is 6.92 Å². The monoisotopic (exact) mass is 277 g/mol. The van der Waals surface area contributed by atoms with Crippen LogP contribution >= 0.6 is 11.6 Å². The van der Waals surface area contributed by atoms with Gasteiger partial charge in [-0.05, 0) is 25.0 Å². The van der Waals surface area contributed by atoms with Gasteiger partial charge in [-0.3, -0.25) is 4.79 Å². The van der Waals surface area contributed by atoms with Crippen LogP contribution in [0.2, 0.25) is 0 Å². The maximum atomic E-state index is 11.3. The van der Waals surface area contributed by atoms with Crippen LogP contribution in [0.4, 0.5) is 0 Å². The number of alkyl halides is 1. The van der Waals surface area contributed by atoms with Crippen molar-refractivity contribution in [2.24, 2.45) is 0 Å². The molecule has 1 aromatic carbocycles. The molecule has 0 bridgehead atoms. The molecule has 1 saturated heterocycles. The van der Waals surface area contributed by atoms with Gasteiger partial charge in [0.25, 0.3) is 0 Å². The summed E-state index contributed by atoms with van der Waals surface area (Å²) in [7, 11) is 0. The molecule has 1 unspecified atom stereocenters.